The van der Waals surface area contributed by atoms with E-state index in [1.54, 1.807) is 0 Å². The molecule has 3 aromatic heterocycles. The highest BCUT2D eigenvalue weighted by Gasteiger charge is 2.20. The molecule has 0 spiro atoms. The number of nitrogens with one attached hydrogen (secondary N) is 1. The fourth-order valence-electron chi connectivity index (χ4n) is 3.12. The molecule has 0 aliphatic rings. The summed E-state index contributed by atoms with van der Waals surface area (Å²) in [6.45, 7) is 1.83. The van der Waals surface area contributed by atoms with Gasteiger partial charge in [0, 0.05) is 6.20 Å². The van der Waals surface area contributed by atoms with Crippen LogP contribution in [-0.2, 0) is 0 Å². The Hall–Kier alpha value is -3.89. The van der Waals surface area contributed by atoms with Gasteiger partial charge in [-0.05, 0) is 24.1 Å². The molecule has 4 aromatic rings. The summed E-state index contributed by atoms with van der Waals surface area (Å²) in [5.41, 5.74) is 0.259. The Balaban J connectivity index is 1.81. The van der Waals surface area contributed by atoms with Crippen LogP contribution in [-0.4, -0.2) is 40.6 Å². The van der Waals surface area contributed by atoms with Crippen molar-refractivity contribution >= 4 is 17.0 Å². The molecule has 29 heavy (non-hydrogen) atoms. The predicted octanol–water partition coefficient (Wildman–Crippen LogP) is 2.28. The first-order chi connectivity index (χ1) is 13.9. The minimum absolute atomic E-state index is 0.0235. The van der Waals surface area contributed by atoms with Crippen molar-refractivity contribution in [2.24, 2.45) is 0 Å². The summed E-state index contributed by atoms with van der Waals surface area (Å²) >= 11 is 0. The van der Waals surface area contributed by atoms with E-state index in [-0.39, 0.29) is 22.5 Å². The standard InChI is InChI=1S/C18H14F2N6O3/c1-2-14(9-3-4-11(19)12(20)5-9)26-15-13(7-22-26)23-18(24-16(15)27)25-8-10(6-21-25)17(28)29/h3-8,14H,2H2,1H3,(H,28,29)(H,23,24,27). The molecule has 11 heteroatoms. The van der Waals surface area contributed by atoms with Crippen LogP contribution in [0.5, 0.6) is 0 Å². The van der Waals surface area contributed by atoms with E-state index in [4.69, 9.17) is 5.11 Å². The molecule has 1 atom stereocenters. The number of aromatic amines is 1. The van der Waals surface area contributed by atoms with Gasteiger partial charge in [0.2, 0.25) is 5.95 Å². The molecular formula is C18H14F2N6O3. The molecular weight excluding hydrogens is 386 g/mol. The first-order valence-electron chi connectivity index (χ1n) is 8.60. The number of carboxylic acid groups (broad SMARTS) is 1. The fourth-order valence-corrected chi connectivity index (χ4v) is 3.12. The summed E-state index contributed by atoms with van der Waals surface area (Å²) in [6, 6.07) is 3.02. The van der Waals surface area contributed by atoms with Gasteiger partial charge < -0.3 is 5.11 Å². The summed E-state index contributed by atoms with van der Waals surface area (Å²) in [7, 11) is 0. The number of benzene rings is 1. The molecule has 1 unspecified atom stereocenters. The molecule has 0 radical (unpaired) electrons. The average molecular weight is 400 g/mol. The maximum Gasteiger partial charge on any atom is 0.338 e. The second kappa shape index (κ2) is 6.93. The molecule has 0 amide bonds. The lowest BCUT2D eigenvalue weighted by Gasteiger charge is -2.17. The number of aromatic nitrogens is 6. The Bertz CT molecular complexity index is 1290. The number of aromatic carboxylic acids is 1. The highest BCUT2D eigenvalue weighted by Crippen LogP contribution is 2.25. The van der Waals surface area contributed by atoms with Gasteiger partial charge in [0.1, 0.15) is 5.52 Å². The molecule has 1 aromatic carbocycles. The summed E-state index contributed by atoms with van der Waals surface area (Å²) in [5, 5.41) is 17.1. The van der Waals surface area contributed by atoms with Gasteiger partial charge in [-0.3, -0.25) is 14.5 Å². The molecule has 9 nitrogen and oxygen atoms in total. The first-order valence-corrected chi connectivity index (χ1v) is 8.60. The van der Waals surface area contributed by atoms with Crippen molar-refractivity contribution in [3.63, 3.8) is 0 Å². The van der Waals surface area contributed by atoms with Gasteiger partial charge in [0.05, 0.1) is 24.0 Å². The second-order valence-electron chi connectivity index (χ2n) is 6.29. The predicted molar refractivity (Wildman–Crippen MR) is 97.0 cm³/mol. The van der Waals surface area contributed by atoms with Gasteiger partial charge in [-0.25, -0.2) is 23.2 Å². The largest absolute Gasteiger partial charge is 0.478 e. The van der Waals surface area contributed by atoms with Crippen LogP contribution in [0.2, 0.25) is 0 Å². The van der Waals surface area contributed by atoms with Gasteiger partial charge in [-0.15, -0.1) is 0 Å². The molecule has 0 fully saturated rings. The number of hydrogen-bond acceptors (Lipinski definition) is 5. The van der Waals surface area contributed by atoms with Crippen LogP contribution >= 0.6 is 0 Å². The van der Waals surface area contributed by atoms with E-state index >= 15 is 0 Å². The van der Waals surface area contributed by atoms with Crippen LogP contribution in [0, 0.1) is 11.6 Å². The first kappa shape index (κ1) is 18.5. The van der Waals surface area contributed by atoms with Gasteiger partial charge in [0.25, 0.3) is 5.56 Å². The SMILES string of the molecule is CCC(c1ccc(F)c(F)c1)n1ncc2nc(-n3cc(C(=O)O)cn3)[nH]c(=O)c21. The molecule has 0 saturated heterocycles. The van der Waals surface area contributed by atoms with Crippen LogP contribution in [0.15, 0.2) is 41.6 Å². The van der Waals surface area contributed by atoms with Crippen LogP contribution in [0.3, 0.4) is 0 Å². The van der Waals surface area contributed by atoms with Gasteiger partial charge in [-0.2, -0.15) is 10.2 Å². The number of halogens is 2. The van der Waals surface area contributed by atoms with Crippen LogP contribution in [0.1, 0.15) is 35.3 Å². The van der Waals surface area contributed by atoms with Crippen molar-refractivity contribution < 1.29 is 18.7 Å². The van der Waals surface area contributed by atoms with Crippen molar-refractivity contribution in [2.45, 2.75) is 19.4 Å². The third-order valence-corrected chi connectivity index (χ3v) is 4.50. The zero-order valence-electron chi connectivity index (χ0n) is 15.0. The summed E-state index contributed by atoms with van der Waals surface area (Å²) in [5.74, 6) is -3.09. The topological polar surface area (TPSA) is 119 Å². The van der Waals surface area contributed by atoms with Crippen LogP contribution in [0.4, 0.5) is 8.78 Å². The summed E-state index contributed by atoms with van der Waals surface area (Å²) < 4.78 is 29.5. The number of H-pyrrole nitrogens is 1. The molecule has 0 saturated carbocycles. The van der Waals surface area contributed by atoms with E-state index in [0.717, 1.165) is 23.0 Å². The summed E-state index contributed by atoms with van der Waals surface area (Å²) in [6.07, 6.45) is 4.18. The molecule has 2 N–H and O–H groups in total. The smallest absolute Gasteiger partial charge is 0.338 e. The maximum absolute atomic E-state index is 13.7. The zero-order valence-corrected chi connectivity index (χ0v) is 15.0. The zero-order chi connectivity index (χ0) is 20.7. The minimum atomic E-state index is -1.16. The second-order valence-corrected chi connectivity index (χ2v) is 6.29. The number of carboxylic acids is 1. The number of rotatable bonds is 5. The maximum atomic E-state index is 13.7. The van der Waals surface area contributed by atoms with E-state index < -0.39 is 29.2 Å². The molecule has 148 valence electrons. The van der Waals surface area contributed by atoms with Crippen LogP contribution < -0.4 is 5.56 Å². The molecule has 0 bridgehead atoms. The summed E-state index contributed by atoms with van der Waals surface area (Å²) in [4.78, 5) is 30.5. The lowest BCUT2D eigenvalue weighted by molar-refractivity contribution is 0.0697. The Morgan fingerprint density at radius 3 is 2.69 bits per heavy atom. The van der Waals surface area contributed by atoms with E-state index in [0.29, 0.717) is 12.0 Å². The van der Waals surface area contributed by atoms with Crippen LogP contribution in [0.25, 0.3) is 17.0 Å². The molecule has 4 rings (SSSR count). The van der Waals surface area contributed by atoms with Crippen molar-refractivity contribution in [2.75, 3.05) is 0 Å². The van der Waals surface area contributed by atoms with Crippen molar-refractivity contribution in [3.05, 3.63) is 69.9 Å². The minimum Gasteiger partial charge on any atom is -0.478 e. The van der Waals surface area contributed by atoms with E-state index in [9.17, 15) is 18.4 Å². The number of nitrogens with zero attached hydrogens (tertiary/aromatic N) is 5. The van der Waals surface area contributed by atoms with E-state index in [1.165, 1.54) is 23.1 Å². The average Bonchev–Trinajstić information content (AvgIpc) is 3.33. The Morgan fingerprint density at radius 1 is 1.24 bits per heavy atom. The normalized spacial score (nSPS) is 12.4. The Kier molecular flexibility index (Phi) is 4.41. The highest BCUT2D eigenvalue weighted by molar-refractivity contribution is 5.87. The third kappa shape index (κ3) is 3.16. The molecule has 0 aliphatic carbocycles. The lowest BCUT2D eigenvalue weighted by Crippen LogP contribution is -2.20. The molecule has 3 heterocycles. The number of hydrogen-bond donors (Lipinski definition) is 2. The van der Waals surface area contributed by atoms with Gasteiger partial charge in [0.15, 0.2) is 17.2 Å². The van der Waals surface area contributed by atoms with Crippen molar-refractivity contribution in [1.29, 1.82) is 0 Å². The Labute approximate surface area is 161 Å². The monoisotopic (exact) mass is 400 g/mol. The van der Waals surface area contributed by atoms with Gasteiger partial charge in [-0.1, -0.05) is 13.0 Å². The number of carbonyl (C=O) groups is 1. The van der Waals surface area contributed by atoms with Crippen molar-refractivity contribution in [3.8, 4) is 5.95 Å². The fraction of sp³-hybridized carbons (Fsp3) is 0.167. The van der Waals surface area contributed by atoms with E-state index in [2.05, 4.69) is 20.2 Å². The van der Waals surface area contributed by atoms with Crippen molar-refractivity contribution in [1.82, 2.24) is 29.5 Å². The highest BCUT2D eigenvalue weighted by atomic mass is 19.2. The van der Waals surface area contributed by atoms with Gasteiger partial charge >= 0.3 is 5.97 Å². The molecule has 0 aliphatic heterocycles. The third-order valence-electron chi connectivity index (χ3n) is 4.50. The van der Waals surface area contributed by atoms with E-state index in [1.807, 2.05) is 6.92 Å². The quantitative estimate of drug-likeness (QED) is 0.531. The lowest BCUT2D eigenvalue weighted by atomic mass is 10.0. The number of fused-ring (bicyclic) bond motifs is 1. The Morgan fingerprint density at radius 2 is 2.03 bits per heavy atom.